The summed E-state index contributed by atoms with van der Waals surface area (Å²) in [7, 11) is 0. The smallest absolute Gasteiger partial charge is 0.335 e. The average Bonchev–Trinajstić information content (AvgIpc) is 2.69. The lowest BCUT2D eigenvalue weighted by Crippen LogP contribution is -2.31. The molecule has 1 rings (SSSR count). The second-order valence-electron chi connectivity index (χ2n) is 5.21. The highest BCUT2D eigenvalue weighted by molar-refractivity contribution is 5.87. The van der Waals surface area contributed by atoms with Gasteiger partial charge in [-0.25, -0.2) is 14.4 Å². The van der Waals surface area contributed by atoms with Crippen LogP contribution in [-0.4, -0.2) is 54.9 Å². The molecule has 0 aliphatic rings. The molecule has 28 heavy (non-hydrogen) atoms. The number of ether oxygens (including phenoxy) is 4. The summed E-state index contributed by atoms with van der Waals surface area (Å²) < 4.78 is 20.1. The Kier molecular flexibility index (Phi) is 9.52. The third-order valence-corrected chi connectivity index (χ3v) is 3.13. The predicted molar refractivity (Wildman–Crippen MR) is 95.7 cm³/mol. The molecule has 0 radical (unpaired) electrons. The van der Waals surface area contributed by atoms with E-state index in [0.717, 1.165) is 12.2 Å². The number of carboxylic acid groups (broad SMARTS) is 1. The zero-order valence-corrected chi connectivity index (χ0v) is 15.0. The summed E-state index contributed by atoms with van der Waals surface area (Å²) in [6.45, 7) is 5.86. The molecule has 0 aliphatic carbocycles. The van der Waals surface area contributed by atoms with Gasteiger partial charge in [0.1, 0.15) is 25.6 Å². The summed E-state index contributed by atoms with van der Waals surface area (Å²) in [5.41, 5.74) is 0.0873. The Morgan fingerprint density at radius 3 is 2.14 bits per heavy atom. The lowest BCUT2D eigenvalue weighted by Gasteiger charge is -2.18. The van der Waals surface area contributed by atoms with E-state index in [2.05, 4.69) is 17.9 Å². The lowest BCUT2D eigenvalue weighted by atomic mass is 10.2. The van der Waals surface area contributed by atoms with Crippen molar-refractivity contribution in [3.63, 3.8) is 0 Å². The van der Waals surface area contributed by atoms with E-state index in [9.17, 15) is 19.2 Å². The van der Waals surface area contributed by atoms with Gasteiger partial charge in [0.2, 0.25) is 0 Å². The van der Waals surface area contributed by atoms with Crippen molar-refractivity contribution in [2.45, 2.75) is 12.5 Å². The number of carbonyl (C=O) groups excluding carboxylic acids is 3. The van der Waals surface area contributed by atoms with E-state index in [1.165, 1.54) is 24.3 Å². The third-order valence-electron chi connectivity index (χ3n) is 3.13. The Morgan fingerprint density at radius 1 is 0.964 bits per heavy atom. The van der Waals surface area contributed by atoms with E-state index in [4.69, 9.17) is 19.3 Å². The fourth-order valence-electron chi connectivity index (χ4n) is 1.77. The molecule has 0 spiro atoms. The van der Waals surface area contributed by atoms with Gasteiger partial charge in [0.25, 0.3) is 0 Å². The maximum absolute atomic E-state index is 11.8. The normalized spacial score (nSPS) is 10.9. The SMILES string of the molecule is C=CC(=O)OCCC(=O)OC(COC(=O)C=C)COc1ccc(C(=O)O)cc1. The Bertz CT molecular complexity index is 721. The summed E-state index contributed by atoms with van der Waals surface area (Å²) in [5, 5.41) is 8.87. The predicted octanol–water partition coefficient (Wildman–Crippen LogP) is 1.52. The average molecular weight is 392 g/mol. The van der Waals surface area contributed by atoms with Crippen molar-refractivity contribution >= 4 is 23.9 Å². The van der Waals surface area contributed by atoms with Crippen molar-refractivity contribution in [1.29, 1.82) is 0 Å². The first-order chi connectivity index (χ1) is 13.3. The minimum Gasteiger partial charge on any atom is -0.490 e. The Morgan fingerprint density at radius 2 is 1.57 bits per heavy atom. The highest BCUT2D eigenvalue weighted by atomic mass is 16.6. The molecular weight excluding hydrogens is 372 g/mol. The minimum absolute atomic E-state index is 0.0873. The zero-order chi connectivity index (χ0) is 20.9. The first-order valence-electron chi connectivity index (χ1n) is 8.09. The van der Waals surface area contributed by atoms with Crippen LogP contribution in [0.4, 0.5) is 0 Å². The fourth-order valence-corrected chi connectivity index (χ4v) is 1.77. The second kappa shape index (κ2) is 11.9. The second-order valence-corrected chi connectivity index (χ2v) is 5.21. The van der Waals surface area contributed by atoms with Gasteiger partial charge in [-0.05, 0) is 24.3 Å². The van der Waals surface area contributed by atoms with Gasteiger partial charge in [0, 0.05) is 12.2 Å². The van der Waals surface area contributed by atoms with E-state index in [-0.39, 0.29) is 31.8 Å². The van der Waals surface area contributed by atoms with Gasteiger partial charge in [0.05, 0.1) is 12.0 Å². The van der Waals surface area contributed by atoms with Crippen molar-refractivity contribution in [3.05, 3.63) is 55.1 Å². The van der Waals surface area contributed by atoms with Crippen LogP contribution in [0.25, 0.3) is 0 Å². The van der Waals surface area contributed by atoms with E-state index in [1.54, 1.807) is 0 Å². The summed E-state index contributed by atoms with van der Waals surface area (Å²) in [6, 6.07) is 5.58. The van der Waals surface area contributed by atoms with Crippen LogP contribution in [-0.2, 0) is 28.6 Å². The first-order valence-corrected chi connectivity index (χ1v) is 8.09. The standard InChI is InChI=1S/C19H20O9/c1-3-16(20)25-10-9-18(22)28-15(12-27-17(21)4-2)11-26-14-7-5-13(6-8-14)19(23)24/h3-8,15H,1-2,9-12H2,(H,23,24). The largest absolute Gasteiger partial charge is 0.490 e. The van der Waals surface area contributed by atoms with Crippen molar-refractivity contribution in [1.82, 2.24) is 0 Å². The highest BCUT2D eigenvalue weighted by Crippen LogP contribution is 2.13. The molecule has 0 aromatic heterocycles. The van der Waals surface area contributed by atoms with Crippen LogP contribution >= 0.6 is 0 Å². The monoisotopic (exact) mass is 392 g/mol. The Labute approximate surface area is 161 Å². The maximum atomic E-state index is 11.8. The van der Waals surface area contributed by atoms with E-state index >= 15 is 0 Å². The molecule has 1 atom stereocenters. The summed E-state index contributed by atoms with van der Waals surface area (Å²) >= 11 is 0. The van der Waals surface area contributed by atoms with Crippen LogP contribution in [0.3, 0.4) is 0 Å². The molecule has 0 heterocycles. The highest BCUT2D eigenvalue weighted by Gasteiger charge is 2.18. The Hall–Kier alpha value is -3.62. The molecule has 9 nitrogen and oxygen atoms in total. The Balaban J connectivity index is 2.59. The maximum Gasteiger partial charge on any atom is 0.335 e. The van der Waals surface area contributed by atoms with Gasteiger partial charge in [0.15, 0.2) is 6.10 Å². The topological polar surface area (TPSA) is 125 Å². The van der Waals surface area contributed by atoms with Gasteiger partial charge in [-0.2, -0.15) is 0 Å². The number of hydrogen-bond acceptors (Lipinski definition) is 8. The zero-order valence-electron chi connectivity index (χ0n) is 15.0. The molecule has 0 fully saturated rings. The van der Waals surface area contributed by atoms with E-state index < -0.39 is 30.0 Å². The van der Waals surface area contributed by atoms with Crippen molar-refractivity contribution < 1.29 is 43.2 Å². The fraction of sp³-hybridized carbons (Fsp3) is 0.263. The minimum atomic E-state index is -1.08. The molecule has 150 valence electrons. The molecule has 0 amide bonds. The van der Waals surface area contributed by atoms with Crippen LogP contribution in [0.5, 0.6) is 5.75 Å². The molecule has 0 bridgehead atoms. The first kappa shape index (κ1) is 22.4. The number of carboxylic acids is 1. The van der Waals surface area contributed by atoms with Crippen molar-refractivity contribution in [3.8, 4) is 5.75 Å². The molecule has 1 aromatic carbocycles. The summed E-state index contributed by atoms with van der Waals surface area (Å²) in [4.78, 5) is 44.8. The third kappa shape index (κ3) is 8.65. The molecule has 1 N–H and O–H groups in total. The number of esters is 3. The van der Waals surface area contributed by atoms with Gasteiger partial charge >= 0.3 is 23.9 Å². The van der Waals surface area contributed by atoms with Gasteiger partial charge in [-0.3, -0.25) is 4.79 Å². The summed E-state index contributed by atoms with van der Waals surface area (Å²) in [5.74, 6) is -2.81. The quantitative estimate of drug-likeness (QED) is 0.320. The molecule has 1 unspecified atom stereocenters. The molecule has 9 heteroatoms. The van der Waals surface area contributed by atoms with Crippen molar-refractivity contribution in [2.24, 2.45) is 0 Å². The van der Waals surface area contributed by atoms with Crippen LogP contribution in [0, 0.1) is 0 Å². The lowest BCUT2D eigenvalue weighted by molar-refractivity contribution is -0.160. The molecule has 1 aromatic rings. The van der Waals surface area contributed by atoms with Gasteiger partial charge < -0.3 is 24.1 Å². The van der Waals surface area contributed by atoms with E-state index in [0.29, 0.717) is 5.75 Å². The number of aromatic carboxylic acids is 1. The molecule has 0 saturated heterocycles. The molecular formula is C19H20O9. The molecule has 0 saturated carbocycles. The van der Waals surface area contributed by atoms with Crippen molar-refractivity contribution in [2.75, 3.05) is 19.8 Å². The molecule has 0 aliphatic heterocycles. The van der Waals surface area contributed by atoms with Crippen LogP contribution in [0.2, 0.25) is 0 Å². The van der Waals surface area contributed by atoms with Crippen LogP contribution < -0.4 is 4.74 Å². The summed E-state index contributed by atoms with van der Waals surface area (Å²) in [6.07, 6.45) is 0.773. The number of benzene rings is 1. The number of rotatable bonds is 12. The van der Waals surface area contributed by atoms with Gasteiger partial charge in [-0.1, -0.05) is 13.2 Å². The number of hydrogen-bond donors (Lipinski definition) is 1. The van der Waals surface area contributed by atoms with E-state index in [1.807, 2.05) is 0 Å². The van der Waals surface area contributed by atoms with Crippen LogP contribution in [0.1, 0.15) is 16.8 Å². The number of carbonyl (C=O) groups is 4. The van der Waals surface area contributed by atoms with Crippen LogP contribution in [0.15, 0.2) is 49.6 Å². The van der Waals surface area contributed by atoms with Gasteiger partial charge in [-0.15, -0.1) is 0 Å².